The molecule has 18 heavy (non-hydrogen) atoms. The Hall–Kier alpha value is -2.21. The molecule has 1 aromatic heterocycles. The van der Waals surface area contributed by atoms with Gasteiger partial charge in [-0.1, -0.05) is 17.3 Å². The number of aryl methyl sites for hydroxylation is 1. The van der Waals surface area contributed by atoms with E-state index < -0.39 is 6.04 Å². The van der Waals surface area contributed by atoms with E-state index >= 15 is 0 Å². The zero-order chi connectivity index (χ0) is 13.1. The van der Waals surface area contributed by atoms with Gasteiger partial charge in [0.25, 0.3) is 5.89 Å². The molecule has 2 rings (SSSR count). The molecule has 0 aliphatic rings. The van der Waals surface area contributed by atoms with Crippen LogP contribution < -0.4 is 11.1 Å². The summed E-state index contributed by atoms with van der Waals surface area (Å²) in [6.45, 7) is 3.35. The smallest absolute Gasteiger partial charge is 0.260 e. The Balaban J connectivity index is 2.34. The van der Waals surface area contributed by atoms with Crippen molar-refractivity contribution in [2.24, 2.45) is 5.73 Å². The van der Waals surface area contributed by atoms with E-state index in [4.69, 9.17) is 10.3 Å². The van der Waals surface area contributed by atoms with Crippen molar-refractivity contribution in [2.75, 3.05) is 5.32 Å². The highest BCUT2D eigenvalue weighted by Gasteiger charge is 2.14. The average molecular weight is 246 g/mol. The van der Waals surface area contributed by atoms with Crippen LogP contribution in [0, 0.1) is 6.92 Å². The van der Waals surface area contributed by atoms with E-state index in [0.29, 0.717) is 23.0 Å². The summed E-state index contributed by atoms with van der Waals surface area (Å²) in [5.41, 5.74) is 6.79. The van der Waals surface area contributed by atoms with Crippen molar-refractivity contribution >= 4 is 11.6 Å². The van der Waals surface area contributed by atoms with Gasteiger partial charge in [0.05, 0.1) is 17.3 Å². The summed E-state index contributed by atoms with van der Waals surface area (Å²) in [4.78, 5) is 15.7. The van der Waals surface area contributed by atoms with Crippen molar-refractivity contribution in [3.05, 3.63) is 30.1 Å². The Bertz CT molecular complexity index is 563. The number of rotatable bonds is 3. The number of aromatic nitrogens is 2. The summed E-state index contributed by atoms with van der Waals surface area (Å²) in [5.74, 6) is 0.644. The molecule has 6 nitrogen and oxygen atoms in total. The molecule has 3 N–H and O–H groups in total. The van der Waals surface area contributed by atoms with Crippen LogP contribution in [-0.4, -0.2) is 22.1 Å². The van der Waals surface area contributed by atoms with Gasteiger partial charge >= 0.3 is 0 Å². The SMILES string of the molecule is Cc1noc(-c2ccccc2NC(=O)C(C)N)n1. The van der Waals surface area contributed by atoms with E-state index in [9.17, 15) is 4.79 Å². The standard InChI is InChI=1S/C12H14N4O2/c1-7(13)11(17)15-10-6-4-3-5-9(10)12-14-8(2)16-18-12/h3-7H,13H2,1-2H3,(H,15,17). The van der Waals surface area contributed by atoms with E-state index in [2.05, 4.69) is 15.5 Å². The van der Waals surface area contributed by atoms with Crippen LogP contribution in [0.5, 0.6) is 0 Å². The number of para-hydroxylation sites is 1. The lowest BCUT2D eigenvalue weighted by Gasteiger charge is -2.10. The number of carbonyl (C=O) groups excluding carboxylic acids is 1. The normalized spacial score (nSPS) is 12.2. The maximum absolute atomic E-state index is 11.6. The number of nitrogens with zero attached hydrogens (tertiary/aromatic N) is 2. The Labute approximate surface area is 104 Å². The van der Waals surface area contributed by atoms with Gasteiger partial charge < -0.3 is 15.6 Å². The molecule has 1 unspecified atom stereocenters. The van der Waals surface area contributed by atoms with E-state index in [1.54, 1.807) is 26.0 Å². The molecule has 0 aliphatic carbocycles. The fourth-order valence-electron chi connectivity index (χ4n) is 1.43. The molecule has 6 heteroatoms. The summed E-state index contributed by atoms with van der Waals surface area (Å²) >= 11 is 0. The molecular formula is C12H14N4O2. The van der Waals surface area contributed by atoms with Gasteiger partial charge in [0.15, 0.2) is 5.82 Å². The summed E-state index contributed by atoms with van der Waals surface area (Å²) in [6, 6.07) is 6.61. The first kappa shape index (κ1) is 12.3. The molecule has 0 spiro atoms. The average Bonchev–Trinajstić information content (AvgIpc) is 2.76. The van der Waals surface area contributed by atoms with Crippen molar-refractivity contribution < 1.29 is 9.32 Å². The van der Waals surface area contributed by atoms with Crippen LogP contribution in [0.4, 0.5) is 5.69 Å². The maximum atomic E-state index is 11.6. The molecule has 0 fully saturated rings. The largest absolute Gasteiger partial charge is 0.334 e. The maximum Gasteiger partial charge on any atom is 0.260 e. The van der Waals surface area contributed by atoms with E-state index in [-0.39, 0.29) is 5.91 Å². The molecule has 0 bridgehead atoms. The minimum absolute atomic E-state index is 0.265. The third kappa shape index (κ3) is 2.54. The fourth-order valence-corrected chi connectivity index (χ4v) is 1.43. The highest BCUT2D eigenvalue weighted by atomic mass is 16.5. The lowest BCUT2D eigenvalue weighted by atomic mass is 10.1. The molecule has 0 radical (unpaired) electrons. The Morgan fingerprint density at radius 2 is 2.17 bits per heavy atom. The molecule has 2 aromatic rings. The lowest BCUT2D eigenvalue weighted by Crippen LogP contribution is -2.32. The molecular weight excluding hydrogens is 232 g/mol. The molecule has 0 saturated carbocycles. The van der Waals surface area contributed by atoms with Crippen LogP contribution in [-0.2, 0) is 4.79 Å². The van der Waals surface area contributed by atoms with Crippen molar-refractivity contribution in [1.29, 1.82) is 0 Å². The van der Waals surface area contributed by atoms with E-state index in [0.717, 1.165) is 0 Å². The van der Waals surface area contributed by atoms with Crippen LogP contribution in [0.15, 0.2) is 28.8 Å². The quantitative estimate of drug-likeness (QED) is 0.852. The van der Waals surface area contributed by atoms with Gasteiger partial charge in [0.2, 0.25) is 5.91 Å². The number of anilines is 1. The monoisotopic (exact) mass is 246 g/mol. The van der Waals surface area contributed by atoms with Gasteiger partial charge in [-0.05, 0) is 26.0 Å². The third-order valence-corrected chi connectivity index (χ3v) is 2.36. The highest BCUT2D eigenvalue weighted by molar-refractivity contribution is 5.97. The summed E-state index contributed by atoms with van der Waals surface area (Å²) in [6.07, 6.45) is 0. The zero-order valence-electron chi connectivity index (χ0n) is 10.2. The number of amides is 1. The summed E-state index contributed by atoms with van der Waals surface area (Å²) < 4.78 is 5.09. The van der Waals surface area contributed by atoms with Gasteiger partial charge in [-0.15, -0.1) is 0 Å². The molecule has 1 atom stereocenters. The second kappa shape index (κ2) is 4.97. The first-order valence-corrected chi connectivity index (χ1v) is 5.54. The minimum Gasteiger partial charge on any atom is -0.334 e. The zero-order valence-corrected chi connectivity index (χ0v) is 10.2. The first-order valence-electron chi connectivity index (χ1n) is 5.54. The van der Waals surface area contributed by atoms with E-state index in [1.807, 2.05) is 12.1 Å². The van der Waals surface area contributed by atoms with Crippen molar-refractivity contribution in [3.63, 3.8) is 0 Å². The Morgan fingerprint density at radius 1 is 1.44 bits per heavy atom. The number of hydrogen-bond acceptors (Lipinski definition) is 5. The molecule has 1 aromatic carbocycles. The predicted octanol–water partition coefficient (Wildman–Crippen LogP) is 1.33. The molecule has 0 saturated heterocycles. The minimum atomic E-state index is -0.581. The van der Waals surface area contributed by atoms with Gasteiger partial charge in [0.1, 0.15) is 0 Å². The summed E-state index contributed by atoms with van der Waals surface area (Å²) in [7, 11) is 0. The van der Waals surface area contributed by atoms with Gasteiger partial charge in [-0.3, -0.25) is 4.79 Å². The van der Waals surface area contributed by atoms with Crippen molar-refractivity contribution in [1.82, 2.24) is 10.1 Å². The molecule has 94 valence electrons. The Kier molecular flexibility index (Phi) is 3.38. The third-order valence-electron chi connectivity index (χ3n) is 2.36. The number of nitrogens with one attached hydrogen (secondary N) is 1. The Morgan fingerprint density at radius 3 is 2.78 bits per heavy atom. The van der Waals surface area contributed by atoms with Gasteiger partial charge in [-0.25, -0.2) is 0 Å². The van der Waals surface area contributed by atoms with Crippen LogP contribution >= 0.6 is 0 Å². The fraction of sp³-hybridized carbons (Fsp3) is 0.250. The van der Waals surface area contributed by atoms with Crippen LogP contribution in [0.1, 0.15) is 12.7 Å². The molecule has 0 aliphatic heterocycles. The number of carbonyl (C=O) groups is 1. The van der Waals surface area contributed by atoms with Crippen molar-refractivity contribution in [2.45, 2.75) is 19.9 Å². The summed E-state index contributed by atoms with van der Waals surface area (Å²) in [5, 5.41) is 6.45. The second-order valence-corrected chi connectivity index (χ2v) is 3.97. The highest BCUT2D eigenvalue weighted by Crippen LogP contribution is 2.26. The van der Waals surface area contributed by atoms with Gasteiger partial charge in [-0.2, -0.15) is 4.98 Å². The number of benzene rings is 1. The topological polar surface area (TPSA) is 94.0 Å². The van der Waals surface area contributed by atoms with Crippen molar-refractivity contribution in [3.8, 4) is 11.5 Å². The number of nitrogens with two attached hydrogens (primary N) is 1. The van der Waals surface area contributed by atoms with Crippen LogP contribution in [0.3, 0.4) is 0 Å². The van der Waals surface area contributed by atoms with Crippen LogP contribution in [0.25, 0.3) is 11.5 Å². The van der Waals surface area contributed by atoms with Crippen LogP contribution in [0.2, 0.25) is 0 Å². The first-order chi connectivity index (χ1) is 8.58. The van der Waals surface area contributed by atoms with Gasteiger partial charge in [0, 0.05) is 0 Å². The molecule has 1 amide bonds. The molecule has 1 heterocycles. The van der Waals surface area contributed by atoms with E-state index in [1.165, 1.54) is 0 Å². The number of hydrogen-bond donors (Lipinski definition) is 2. The lowest BCUT2D eigenvalue weighted by molar-refractivity contribution is -0.117. The second-order valence-electron chi connectivity index (χ2n) is 3.97. The predicted molar refractivity (Wildman–Crippen MR) is 66.8 cm³/mol.